The van der Waals surface area contributed by atoms with E-state index in [4.69, 9.17) is 10.5 Å². The van der Waals surface area contributed by atoms with E-state index in [1.165, 1.54) is 0 Å². The Balaban J connectivity index is 2.50. The lowest BCUT2D eigenvalue weighted by molar-refractivity contribution is -0.159. The zero-order chi connectivity index (χ0) is 42.6. The van der Waals surface area contributed by atoms with E-state index in [-0.39, 0.29) is 0 Å². The van der Waals surface area contributed by atoms with Crippen LogP contribution in [-0.2, 0) is 18.5 Å². The van der Waals surface area contributed by atoms with Crippen LogP contribution in [0.1, 0.15) is 56.2 Å². The Kier molecular flexibility index (Phi) is 10.1. The van der Waals surface area contributed by atoms with Gasteiger partial charge in [-0.1, -0.05) is 0 Å². The molecule has 1 saturated carbocycles. The van der Waals surface area contributed by atoms with E-state index < -0.39 is 143 Å². The first kappa shape index (κ1) is 40.9. The summed E-state index contributed by atoms with van der Waals surface area (Å²) in [6, 6.07) is 5.95. The fourth-order valence-corrected chi connectivity index (χ4v) is 5.06. The van der Waals surface area contributed by atoms with Gasteiger partial charge < -0.3 is 0 Å². The lowest BCUT2D eigenvalue weighted by Crippen LogP contribution is -2.25. The first-order chi connectivity index (χ1) is 25.9. The van der Waals surface area contributed by atoms with Gasteiger partial charge in [0.15, 0.2) is 46.3 Å². The fraction of sp³-hybridized carbons (Fsp3) is 0.0938. The maximum Gasteiger partial charge on any atom is 0.451 e. The van der Waals surface area contributed by atoms with Crippen LogP contribution in [0.2, 0.25) is 0 Å². The number of nitrogens with zero attached hydrogens (tertiary/aromatic N) is 9. The highest BCUT2D eigenvalue weighted by atomic mass is 19.4. The molecule has 1 aliphatic rings. The minimum Gasteiger partial charge on any atom is -0.219 e. The van der Waals surface area contributed by atoms with E-state index in [0.717, 1.165) is 36.4 Å². The summed E-state index contributed by atoms with van der Waals surface area (Å²) in [5, 5.41) is 66.7. The summed E-state index contributed by atoms with van der Waals surface area (Å²) in [6.07, 6.45) is -19.0. The van der Waals surface area contributed by atoms with Crippen LogP contribution in [0.3, 0.4) is 0 Å². The largest absolute Gasteiger partial charge is 0.451 e. The van der Waals surface area contributed by atoms with Crippen molar-refractivity contribution in [1.29, 1.82) is 36.8 Å². The van der Waals surface area contributed by atoms with Crippen LogP contribution in [0.15, 0.2) is 16.7 Å². The number of rotatable bonds is 3. The Morgan fingerprint density at radius 1 is 0.375 bits per heavy atom. The van der Waals surface area contributed by atoms with Crippen molar-refractivity contribution in [3.8, 4) is 42.5 Å². The van der Waals surface area contributed by atoms with Gasteiger partial charge in [0.1, 0.15) is 64.7 Å². The molecule has 0 bridgehead atoms. The maximum absolute atomic E-state index is 15.6. The summed E-state index contributed by atoms with van der Waals surface area (Å²) in [5.41, 5.74) is -31.7. The standard InChI is InChI=1S/C32F15N9/c33-21-8(1-48)10(3-50)23(35)25(37)18(21)12(5-52)15-16(13(6-53)19-22(34)9(2-49)11(4-51)24(36)26(19)38)17(15)14(7-54)20-27(30(39,40)41)55-29(32(45,46)47)56-28(20)31(42,43)44/b15-12+,16-13?,17-14+. The van der Waals surface area contributed by atoms with Crippen molar-refractivity contribution >= 4 is 16.7 Å². The van der Waals surface area contributed by atoms with Gasteiger partial charge in [-0.15, -0.1) is 0 Å². The van der Waals surface area contributed by atoms with Gasteiger partial charge in [0, 0.05) is 16.7 Å². The van der Waals surface area contributed by atoms with Gasteiger partial charge in [0.05, 0.1) is 33.4 Å². The predicted octanol–water partition coefficient (Wildman–Crippen LogP) is 8.10. The molecule has 0 amide bonds. The van der Waals surface area contributed by atoms with E-state index in [9.17, 15) is 74.6 Å². The molecule has 9 nitrogen and oxygen atoms in total. The third-order valence-corrected chi connectivity index (χ3v) is 7.31. The van der Waals surface area contributed by atoms with E-state index in [1.807, 2.05) is 9.97 Å². The van der Waals surface area contributed by atoms with Crippen LogP contribution in [0, 0.1) is 114 Å². The van der Waals surface area contributed by atoms with Gasteiger partial charge in [-0.05, 0) is 0 Å². The van der Waals surface area contributed by atoms with E-state index >= 15 is 17.6 Å². The van der Waals surface area contributed by atoms with Gasteiger partial charge in [-0.25, -0.2) is 36.3 Å². The average Bonchev–Trinajstić information content (AvgIpc) is 3.83. The maximum atomic E-state index is 15.6. The first-order valence-electron chi connectivity index (χ1n) is 13.5. The highest BCUT2D eigenvalue weighted by molar-refractivity contribution is 6.12. The van der Waals surface area contributed by atoms with Crippen molar-refractivity contribution in [2.45, 2.75) is 18.5 Å². The molecule has 1 aromatic heterocycles. The monoisotopic (exact) mass is 795 g/mol. The van der Waals surface area contributed by atoms with Crippen molar-refractivity contribution in [2.24, 2.45) is 0 Å². The van der Waals surface area contributed by atoms with E-state index in [0.29, 0.717) is 6.07 Å². The summed E-state index contributed by atoms with van der Waals surface area (Å²) in [4.78, 5) is 4.09. The van der Waals surface area contributed by atoms with Gasteiger partial charge in [-0.2, -0.15) is 76.3 Å². The smallest absolute Gasteiger partial charge is 0.219 e. The Morgan fingerprint density at radius 3 is 0.875 bits per heavy atom. The third-order valence-electron chi connectivity index (χ3n) is 7.31. The number of benzene rings is 2. The van der Waals surface area contributed by atoms with E-state index in [2.05, 4.69) is 0 Å². The zero-order valence-electron chi connectivity index (χ0n) is 25.7. The molecule has 0 spiro atoms. The molecule has 1 fully saturated rings. The Morgan fingerprint density at radius 2 is 0.643 bits per heavy atom. The zero-order valence-corrected chi connectivity index (χ0v) is 25.7. The average molecular weight is 795 g/mol. The number of halogens is 15. The topological polar surface area (TPSA) is 192 Å². The summed E-state index contributed by atoms with van der Waals surface area (Å²) in [7, 11) is 0. The van der Waals surface area contributed by atoms with Crippen molar-refractivity contribution in [2.75, 3.05) is 0 Å². The van der Waals surface area contributed by atoms with Gasteiger partial charge in [-0.3, -0.25) is 0 Å². The van der Waals surface area contributed by atoms with Crippen molar-refractivity contribution in [3.05, 3.63) is 108 Å². The molecule has 1 heterocycles. The Hall–Kier alpha value is -7.88. The molecular formula is C32F15N9. The molecule has 0 atom stereocenters. The second-order valence-electron chi connectivity index (χ2n) is 10.3. The van der Waals surface area contributed by atoms with Gasteiger partial charge in [0.25, 0.3) is 0 Å². The highest BCUT2D eigenvalue weighted by Crippen LogP contribution is 2.58. The molecule has 56 heavy (non-hydrogen) atoms. The normalized spacial score (nSPS) is 15.2. The number of aromatic nitrogens is 2. The number of allylic oxidation sites excluding steroid dienone is 6. The summed E-state index contributed by atoms with van der Waals surface area (Å²) in [5.74, 6) is -18.0. The molecule has 0 aliphatic heterocycles. The van der Waals surface area contributed by atoms with Crippen LogP contribution in [0.25, 0.3) is 16.7 Å². The molecule has 4 rings (SSSR count). The number of hydrogen-bond acceptors (Lipinski definition) is 9. The summed E-state index contributed by atoms with van der Waals surface area (Å²) >= 11 is 0. The molecule has 0 unspecified atom stereocenters. The van der Waals surface area contributed by atoms with Crippen LogP contribution < -0.4 is 0 Å². The van der Waals surface area contributed by atoms with Crippen molar-refractivity contribution in [1.82, 2.24) is 9.97 Å². The Bertz CT molecular complexity index is 2570. The molecule has 2 aromatic carbocycles. The third kappa shape index (κ3) is 6.30. The van der Waals surface area contributed by atoms with Crippen LogP contribution in [0.5, 0.6) is 0 Å². The predicted molar refractivity (Wildman–Crippen MR) is 146 cm³/mol. The van der Waals surface area contributed by atoms with Crippen LogP contribution in [0.4, 0.5) is 65.9 Å². The van der Waals surface area contributed by atoms with Crippen LogP contribution in [-0.4, -0.2) is 9.97 Å². The minimum absolute atomic E-state index is 0.664. The molecule has 0 radical (unpaired) electrons. The second-order valence-corrected chi connectivity index (χ2v) is 10.3. The quantitative estimate of drug-likeness (QED) is 0.143. The molecule has 0 saturated heterocycles. The fourth-order valence-electron chi connectivity index (χ4n) is 5.06. The second kappa shape index (κ2) is 13.8. The molecule has 3 aromatic rings. The van der Waals surface area contributed by atoms with Gasteiger partial charge >= 0.3 is 18.5 Å². The van der Waals surface area contributed by atoms with E-state index in [1.54, 1.807) is 0 Å². The molecule has 24 heteroatoms. The van der Waals surface area contributed by atoms with Gasteiger partial charge in [0.2, 0.25) is 5.82 Å². The highest BCUT2D eigenvalue weighted by Gasteiger charge is 2.52. The lowest BCUT2D eigenvalue weighted by atomic mass is 9.95. The van der Waals surface area contributed by atoms with Crippen molar-refractivity contribution in [3.63, 3.8) is 0 Å². The number of hydrogen-bond donors (Lipinski definition) is 0. The Labute approximate surface area is 298 Å². The SMILES string of the molecule is N#CC(=C1C(=C(\C#N)c2c(C(F)(F)F)nc(C(F)(F)F)nc2C(F)(F)F)/C1=C(\C#N)c1c(F)c(F)c(C#N)c(C#N)c1F)c1c(F)c(F)c(C#N)c(C#N)c1F. The molecule has 0 N–H and O–H groups in total. The molecular weight excluding hydrogens is 795 g/mol. The molecule has 278 valence electrons. The van der Waals surface area contributed by atoms with Crippen LogP contribution >= 0.6 is 0 Å². The minimum atomic E-state index is -6.42. The molecule has 1 aliphatic carbocycles. The number of alkyl halides is 9. The number of nitriles is 7. The summed E-state index contributed by atoms with van der Waals surface area (Å²) < 4.78 is 218. The van der Waals surface area contributed by atoms with Crippen molar-refractivity contribution < 1.29 is 65.9 Å². The first-order valence-corrected chi connectivity index (χ1v) is 13.5. The lowest BCUT2D eigenvalue weighted by Gasteiger charge is -2.18. The summed E-state index contributed by atoms with van der Waals surface area (Å²) in [6.45, 7) is 0.